The van der Waals surface area contributed by atoms with Crippen molar-refractivity contribution >= 4 is 6.03 Å². The third-order valence-corrected chi connectivity index (χ3v) is 4.90. The van der Waals surface area contributed by atoms with E-state index < -0.39 is 0 Å². The number of hydrogen-bond donors (Lipinski definition) is 2. The molecule has 7 heteroatoms. The van der Waals surface area contributed by atoms with E-state index in [9.17, 15) is 4.79 Å². The molecule has 1 aliphatic rings. The molecule has 2 unspecified atom stereocenters. The smallest absolute Gasteiger partial charge is 0.315 e. The Kier molecular flexibility index (Phi) is 5.65. The molecule has 4 rings (SSSR count). The van der Waals surface area contributed by atoms with Gasteiger partial charge in [-0.15, -0.1) is 0 Å². The molecule has 2 heterocycles. The summed E-state index contributed by atoms with van der Waals surface area (Å²) in [5.41, 5.74) is 1.98. The Balaban J connectivity index is 1.48. The number of nitrogens with one attached hydrogen (secondary N) is 2. The molecule has 1 aliphatic heterocycles. The number of urea groups is 1. The number of amides is 2. The van der Waals surface area contributed by atoms with Gasteiger partial charge in [-0.2, -0.15) is 0 Å². The van der Waals surface area contributed by atoms with Crippen molar-refractivity contribution in [1.29, 1.82) is 0 Å². The van der Waals surface area contributed by atoms with Gasteiger partial charge in [0.15, 0.2) is 11.5 Å². The van der Waals surface area contributed by atoms with Crippen molar-refractivity contribution in [2.45, 2.75) is 24.9 Å². The number of oxazole rings is 1. The molecule has 3 aromatic rings. The van der Waals surface area contributed by atoms with E-state index in [0.717, 1.165) is 11.1 Å². The van der Waals surface area contributed by atoms with Gasteiger partial charge in [-0.3, -0.25) is 0 Å². The predicted octanol–water partition coefficient (Wildman–Crippen LogP) is 3.79. The number of para-hydroxylation sites is 1. The second kappa shape index (κ2) is 8.68. The van der Waals surface area contributed by atoms with E-state index in [-0.39, 0.29) is 18.1 Å². The van der Waals surface area contributed by atoms with Crippen molar-refractivity contribution in [2.24, 2.45) is 0 Å². The number of nitrogens with zero attached hydrogens (tertiary/aromatic N) is 1. The number of benzene rings is 2. The first kappa shape index (κ1) is 18.9. The van der Waals surface area contributed by atoms with Crippen molar-refractivity contribution < 1.29 is 18.7 Å². The zero-order valence-electron chi connectivity index (χ0n) is 16.1. The minimum absolute atomic E-state index is 0.171. The Hall–Kier alpha value is -3.48. The van der Waals surface area contributed by atoms with Crippen LogP contribution in [-0.4, -0.2) is 24.7 Å². The van der Waals surface area contributed by atoms with E-state index >= 15 is 0 Å². The summed E-state index contributed by atoms with van der Waals surface area (Å²) in [5.74, 6) is 1.81. The van der Waals surface area contributed by atoms with Crippen molar-refractivity contribution in [3.8, 4) is 11.5 Å². The summed E-state index contributed by atoms with van der Waals surface area (Å²) < 4.78 is 16.6. The maximum Gasteiger partial charge on any atom is 0.315 e. The molecule has 0 spiro atoms. The van der Waals surface area contributed by atoms with Crippen LogP contribution in [0.4, 0.5) is 4.79 Å². The molecule has 0 saturated heterocycles. The van der Waals surface area contributed by atoms with Crippen LogP contribution in [0, 0.1) is 0 Å². The lowest BCUT2D eigenvalue weighted by Gasteiger charge is -2.28. The van der Waals surface area contributed by atoms with E-state index in [1.54, 1.807) is 13.3 Å². The molecular weight excluding hydrogens is 370 g/mol. The molecule has 0 aliphatic carbocycles. The molecule has 2 aromatic carbocycles. The SMILES string of the molecule is COc1cccc2c1OCCC2NC(=O)NC(Cc1ccccc1)c1ncco1. The Morgan fingerprint density at radius 1 is 1.24 bits per heavy atom. The molecule has 1 aromatic heterocycles. The number of methoxy groups -OCH3 is 1. The second-order valence-corrected chi connectivity index (χ2v) is 6.80. The summed E-state index contributed by atoms with van der Waals surface area (Å²) >= 11 is 0. The molecule has 150 valence electrons. The highest BCUT2D eigenvalue weighted by molar-refractivity contribution is 5.75. The molecule has 7 nitrogen and oxygen atoms in total. The maximum absolute atomic E-state index is 12.8. The van der Waals surface area contributed by atoms with Crippen LogP contribution in [-0.2, 0) is 6.42 Å². The van der Waals surface area contributed by atoms with Gasteiger partial charge in [0, 0.05) is 18.4 Å². The first-order valence-corrected chi connectivity index (χ1v) is 9.54. The second-order valence-electron chi connectivity index (χ2n) is 6.80. The normalized spacial score (nSPS) is 16.2. The van der Waals surface area contributed by atoms with Crippen molar-refractivity contribution in [3.63, 3.8) is 0 Å². The average Bonchev–Trinajstić information content (AvgIpc) is 3.29. The Morgan fingerprint density at radius 3 is 2.86 bits per heavy atom. The van der Waals surface area contributed by atoms with Gasteiger partial charge >= 0.3 is 6.03 Å². The summed E-state index contributed by atoms with van der Waals surface area (Å²) in [4.78, 5) is 17.0. The van der Waals surface area contributed by atoms with Gasteiger partial charge in [0.25, 0.3) is 0 Å². The standard InChI is InChI=1S/C22H23N3O4/c1-27-19-9-5-8-16-17(10-12-28-20(16)19)24-22(26)25-18(21-23-11-13-29-21)14-15-6-3-2-4-7-15/h2-9,11,13,17-18H,10,12,14H2,1H3,(H2,24,25,26). The lowest BCUT2D eigenvalue weighted by atomic mass is 10.00. The quantitative estimate of drug-likeness (QED) is 0.666. The van der Waals surface area contributed by atoms with Crippen molar-refractivity contribution in [3.05, 3.63) is 78.0 Å². The summed E-state index contributed by atoms with van der Waals surface area (Å²) in [5, 5.41) is 6.05. The van der Waals surface area contributed by atoms with Crippen LogP contribution in [0.25, 0.3) is 0 Å². The fourth-order valence-corrected chi connectivity index (χ4v) is 3.52. The van der Waals surface area contributed by atoms with Gasteiger partial charge in [-0.1, -0.05) is 42.5 Å². The first-order valence-electron chi connectivity index (χ1n) is 9.54. The minimum Gasteiger partial charge on any atom is -0.493 e. The number of rotatable bonds is 6. The summed E-state index contributed by atoms with van der Waals surface area (Å²) in [6.07, 6.45) is 4.34. The first-order chi connectivity index (χ1) is 14.2. The predicted molar refractivity (Wildman–Crippen MR) is 107 cm³/mol. The molecule has 29 heavy (non-hydrogen) atoms. The molecule has 2 atom stereocenters. The van der Waals surface area contributed by atoms with Crippen LogP contribution in [0.2, 0.25) is 0 Å². The fourth-order valence-electron chi connectivity index (χ4n) is 3.52. The maximum atomic E-state index is 12.8. The minimum atomic E-state index is -0.378. The average molecular weight is 393 g/mol. The zero-order valence-corrected chi connectivity index (χ0v) is 16.1. The van der Waals surface area contributed by atoms with Crippen molar-refractivity contribution in [2.75, 3.05) is 13.7 Å². The fraction of sp³-hybridized carbons (Fsp3) is 0.273. The molecule has 0 fully saturated rings. The van der Waals surface area contributed by atoms with Gasteiger partial charge in [0.05, 0.1) is 26.0 Å². The van der Waals surface area contributed by atoms with Gasteiger partial charge in [0.2, 0.25) is 5.89 Å². The zero-order chi connectivity index (χ0) is 20.1. The van der Waals surface area contributed by atoms with Gasteiger partial charge in [-0.05, 0) is 11.6 Å². The number of aromatic nitrogens is 1. The number of carbonyl (C=O) groups is 1. The summed E-state index contributed by atoms with van der Waals surface area (Å²) in [6.45, 7) is 0.505. The number of carbonyl (C=O) groups excluding carboxylic acids is 1. The lowest BCUT2D eigenvalue weighted by molar-refractivity contribution is 0.215. The Bertz CT molecular complexity index is 944. The Labute approximate surface area is 169 Å². The van der Waals surface area contributed by atoms with Crippen molar-refractivity contribution in [1.82, 2.24) is 15.6 Å². The highest BCUT2D eigenvalue weighted by atomic mass is 16.5. The molecule has 0 radical (unpaired) electrons. The Morgan fingerprint density at radius 2 is 2.10 bits per heavy atom. The number of fused-ring (bicyclic) bond motifs is 1. The summed E-state index contributed by atoms with van der Waals surface area (Å²) in [6, 6.07) is 14.8. The van der Waals surface area contributed by atoms with Crippen LogP contribution in [0.3, 0.4) is 0 Å². The number of ether oxygens (including phenoxy) is 2. The van der Waals surface area contributed by atoms with Gasteiger partial charge in [0.1, 0.15) is 12.3 Å². The van der Waals surface area contributed by atoms with Gasteiger partial charge in [-0.25, -0.2) is 9.78 Å². The molecule has 2 N–H and O–H groups in total. The van der Waals surface area contributed by atoms with E-state index in [1.165, 1.54) is 6.26 Å². The topological polar surface area (TPSA) is 85.6 Å². The van der Waals surface area contributed by atoms with Crippen LogP contribution in [0.15, 0.2) is 65.4 Å². The van der Waals surface area contributed by atoms with Crippen LogP contribution < -0.4 is 20.1 Å². The lowest BCUT2D eigenvalue weighted by Crippen LogP contribution is -2.42. The van der Waals surface area contributed by atoms with E-state index in [2.05, 4.69) is 15.6 Å². The van der Waals surface area contributed by atoms with E-state index in [1.807, 2.05) is 48.5 Å². The monoisotopic (exact) mass is 393 g/mol. The molecule has 0 bridgehead atoms. The van der Waals surface area contributed by atoms with E-state index in [0.29, 0.717) is 36.8 Å². The third kappa shape index (κ3) is 4.34. The van der Waals surface area contributed by atoms with Crippen LogP contribution in [0.5, 0.6) is 11.5 Å². The molecular formula is C22H23N3O4. The summed E-state index contributed by atoms with van der Waals surface area (Å²) in [7, 11) is 1.60. The largest absolute Gasteiger partial charge is 0.493 e. The third-order valence-electron chi connectivity index (χ3n) is 4.90. The van der Waals surface area contributed by atoms with Crippen LogP contribution in [0.1, 0.15) is 35.5 Å². The molecule has 2 amide bonds. The van der Waals surface area contributed by atoms with E-state index in [4.69, 9.17) is 13.9 Å². The highest BCUT2D eigenvalue weighted by Crippen LogP contribution is 2.39. The number of hydrogen-bond acceptors (Lipinski definition) is 5. The van der Waals surface area contributed by atoms with Crippen LogP contribution >= 0.6 is 0 Å². The highest BCUT2D eigenvalue weighted by Gasteiger charge is 2.27. The molecule has 0 saturated carbocycles. The van der Waals surface area contributed by atoms with Gasteiger partial charge < -0.3 is 24.5 Å².